The van der Waals surface area contributed by atoms with Gasteiger partial charge in [0.15, 0.2) is 0 Å². The van der Waals surface area contributed by atoms with Crippen LogP contribution in [0, 0.1) is 0 Å². The molecule has 6 heteroatoms. The average molecular weight is 404 g/mol. The number of H-pyrrole nitrogens is 2. The number of carbonyl (C=O) groups excluding carboxylic acids is 1. The molecule has 1 aliphatic carbocycles. The predicted octanol–water partition coefficient (Wildman–Crippen LogP) is 4.70. The lowest BCUT2D eigenvalue weighted by Gasteiger charge is -2.27. The van der Waals surface area contributed by atoms with Crippen molar-refractivity contribution in [1.29, 1.82) is 0 Å². The van der Waals surface area contributed by atoms with Crippen LogP contribution < -0.4 is 4.90 Å². The second-order valence-electron chi connectivity index (χ2n) is 7.79. The van der Waals surface area contributed by atoms with E-state index in [-0.39, 0.29) is 5.97 Å². The monoisotopic (exact) mass is 403 g/mol. The predicted molar refractivity (Wildman–Crippen MR) is 114 cm³/mol. The number of rotatable bonds is 1. The van der Waals surface area contributed by atoms with Gasteiger partial charge in [0.2, 0.25) is 0 Å². The summed E-state index contributed by atoms with van der Waals surface area (Å²) in [5.41, 5.74) is 7.63. The summed E-state index contributed by atoms with van der Waals surface area (Å²) in [6.45, 7) is 0.731. The first-order valence-corrected chi connectivity index (χ1v) is 9.87. The van der Waals surface area contributed by atoms with Crippen LogP contribution in [0.15, 0.2) is 48.7 Å². The van der Waals surface area contributed by atoms with Crippen LogP contribution in [0.3, 0.4) is 0 Å². The van der Waals surface area contributed by atoms with Gasteiger partial charge in [-0.3, -0.25) is 0 Å². The Labute approximate surface area is 172 Å². The summed E-state index contributed by atoms with van der Waals surface area (Å²) in [7, 11) is 3.51. The van der Waals surface area contributed by atoms with Crippen molar-refractivity contribution in [3.63, 3.8) is 0 Å². The molecule has 2 N–H and O–H groups in total. The van der Waals surface area contributed by atoms with E-state index in [0.29, 0.717) is 10.7 Å². The van der Waals surface area contributed by atoms with E-state index < -0.39 is 5.41 Å². The Hall–Kier alpha value is -3.18. The number of likely N-dealkylation sites (N-methyl/N-ethyl adjacent to an activating group) is 1. The molecule has 0 amide bonds. The van der Waals surface area contributed by atoms with Gasteiger partial charge in [-0.25, -0.2) is 4.79 Å². The van der Waals surface area contributed by atoms with Gasteiger partial charge >= 0.3 is 5.97 Å². The van der Waals surface area contributed by atoms with Gasteiger partial charge in [0.1, 0.15) is 5.69 Å². The number of fused-ring (bicyclic) bond motifs is 9. The molecule has 6 rings (SSSR count). The number of benzene rings is 2. The number of carbonyl (C=O) groups is 1. The minimum atomic E-state index is -0.481. The highest BCUT2D eigenvalue weighted by molar-refractivity contribution is 6.31. The molecule has 2 aliphatic rings. The molecule has 4 aromatic rings. The van der Waals surface area contributed by atoms with E-state index in [0.717, 1.165) is 39.8 Å². The van der Waals surface area contributed by atoms with E-state index in [4.69, 9.17) is 16.3 Å². The van der Waals surface area contributed by atoms with Crippen molar-refractivity contribution in [3.05, 3.63) is 76.2 Å². The molecule has 1 aliphatic heterocycles. The summed E-state index contributed by atoms with van der Waals surface area (Å²) in [5, 5.41) is 1.75. The highest BCUT2D eigenvalue weighted by Crippen LogP contribution is 2.60. The number of esters is 1. The fourth-order valence-corrected chi connectivity index (χ4v) is 5.51. The van der Waals surface area contributed by atoms with Crippen LogP contribution in [-0.2, 0) is 10.2 Å². The summed E-state index contributed by atoms with van der Waals surface area (Å²) in [6.07, 6.45) is 1.92. The Morgan fingerprint density at radius 3 is 2.90 bits per heavy atom. The summed E-state index contributed by atoms with van der Waals surface area (Å²) in [4.78, 5) is 21.8. The molecule has 144 valence electrons. The molecule has 5 nitrogen and oxygen atoms in total. The number of nitrogens with zero attached hydrogens (tertiary/aromatic N) is 1. The van der Waals surface area contributed by atoms with Crippen molar-refractivity contribution in [2.75, 3.05) is 25.6 Å². The standard InChI is InChI=1S/C23H18ClN3O2/c1-27-11-23(15-5-3-4-6-17(15)27)19-14(10-25-20(19)22(28)29-2)18-13-9-12(24)7-8-16(13)26-21(18)23/h3-10,25-26H,11H2,1-2H3/t23-/m1/s1. The van der Waals surface area contributed by atoms with Crippen LogP contribution in [0.4, 0.5) is 5.69 Å². The number of ether oxygens (including phenoxy) is 1. The van der Waals surface area contributed by atoms with Gasteiger partial charge in [-0.1, -0.05) is 29.8 Å². The zero-order valence-corrected chi connectivity index (χ0v) is 16.7. The Morgan fingerprint density at radius 1 is 1.24 bits per heavy atom. The summed E-state index contributed by atoms with van der Waals surface area (Å²) >= 11 is 6.33. The van der Waals surface area contributed by atoms with Gasteiger partial charge in [0.05, 0.1) is 12.5 Å². The highest BCUT2D eigenvalue weighted by atomic mass is 35.5. The van der Waals surface area contributed by atoms with E-state index in [1.165, 1.54) is 18.4 Å². The highest BCUT2D eigenvalue weighted by Gasteiger charge is 2.54. The van der Waals surface area contributed by atoms with E-state index >= 15 is 0 Å². The van der Waals surface area contributed by atoms with Crippen LogP contribution in [0.2, 0.25) is 5.02 Å². The first kappa shape index (κ1) is 16.7. The van der Waals surface area contributed by atoms with Crippen molar-refractivity contribution in [2.45, 2.75) is 5.41 Å². The third-order valence-corrected chi connectivity index (χ3v) is 6.64. The molecule has 0 fully saturated rings. The number of nitrogens with one attached hydrogen (secondary N) is 2. The topological polar surface area (TPSA) is 61.1 Å². The molecule has 1 spiro atoms. The molecule has 0 saturated heterocycles. The van der Waals surface area contributed by atoms with Gasteiger partial charge in [-0.2, -0.15) is 0 Å². The number of para-hydroxylation sites is 1. The first-order valence-electron chi connectivity index (χ1n) is 9.49. The molecule has 0 radical (unpaired) electrons. The quantitative estimate of drug-likeness (QED) is 0.453. The van der Waals surface area contributed by atoms with Crippen LogP contribution in [0.1, 0.15) is 27.3 Å². The number of methoxy groups -OCH3 is 1. The van der Waals surface area contributed by atoms with Crippen molar-refractivity contribution in [1.82, 2.24) is 9.97 Å². The second kappa shape index (κ2) is 5.45. The second-order valence-corrected chi connectivity index (χ2v) is 8.22. The van der Waals surface area contributed by atoms with E-state index in [1.807, 2.05) is 24.4 Å². The number of anilines is 1. The van der Waals surface area contributed by atoms with Gasteiger partial charge in [-0.05, 0) is 29.8 Å². The van der Waals surface area contributed by atoms with Crippen molar-refractivity contribution in [2.24, 2.45) is 0 Å². The summed E-state index contributed by atoms with van der Waals surface area (Å²) in [6, 6.07) is 14.3. The molecule has 29 heavy (non-hydrogen) atoms. The van der Waals surface area contributed by atoms with Crippen LogP contribution in [0.25, 0.3) is 22.0 Å². The van der Waals surface area contributed by atoms with Gasteiger partial charge in [-0.15, -0.1) is 0 Å². The Kier molecular flexibility index (Phi) is 3.15. The van der Waals surface area contributed by atoms with Crippen LogP contribution in [-0.4, -0.2) is 36.6 Å². The first-order chi connectivity index (χ1) is 14.1. The third kappa shape index (κ3) is 1.88. The third-order valence-electron chi connectivity index (χ3n) is 6.40. The largest absolute Gasteiger partial charge is 0.464 e. The number of hydrogen-bond donors (Lipinski definition) is 2. The van der Waals surface area contributed by atoms with Crippen LogP contribution >= 0.6 is 11.6 Å². The number of aromatic amines is 2. The van der Waals surface area contributed by atoms with Crippen LogP contribution in [0.5, 0.6) is 0 Å². The van der Waals surface area contributed by atoms with E-state index in [1.54, 1.807) is 0 Å². The molecule has 2 aromatic carbocycles. The molecule has 0 bridgehead atoms. The lowest BCUT2D eigenvalue weighted by atomic mass is 9.76. The maximum absolute atomic E-state index is 12.7. The van der Waals surface area contributed by atoms with E-state index in [9.17, 15) is 4.79 Å². The van der Waals surface area contributed by atoms with Crippen molar-refractivity contribution < 1.29 is 9.53 Å². The number of aromatic nitrogens is 2. The molecule has 3 heterocycles. The smallest absolute Gasteiger partial charge is 0.354 e. The zero-order valence-electron chi connectivity index (χ0n) is 16.0. The Balaban J connectivity index is 1.79. The summed E-state index contributed by atoms with van der Waals surface area (Å²) < 4.78 is 5.10. The maximum atomic E-state index is 12.7. The molecular formula is C23H18ClN3O2. The number of halogens is 1. The molecule has 2 aromatic heterocycles. The molecule has 0 saturated carbocycles. The minimum Gasteiger partial charge on any atom is -0.464 e. The van der Waals surface area contributed by atoms with E-state index in [2.05, 4.69) is 46.2 Å². The fourth-order valence-electron chi connectivity index (χ4n) is 5.34. The van der Waals surface area contributed by atoms with Crippen molar-refractivity contribution in [3.8, 4) is 11.1 Å². The maximum Gasteiger partial charge on any atom is 0.354 e. The minimum absolute atomic E-state index is 0.356. The molecular weight excluding hydrogens is 386 g/mol. The van der Waals surface area contributed by atoms with Gasteiger partial charge in [0, 0.05) is 63.8 Å². The Bertz CT molecular complexity index is 1340. The van der Waals surface area contributed by atoms with Gasteiger partial charge < -0.3 is 19.6 Å². The van der Waals surface area contributed by atoms with Gasteiger partial charge in [0.25, 0.3) is 0 Å². The normalized spacial score (nSPS) is 18.9. The number of hydrogen-bond acceptors (Lipinski definition) is 3. The Morgan fingerprint density at radius 2 is 2.07 bits per heavy atom. The molecule has 0 unspecified atom stereocenters. The zero-order chi connectivity index (χ0) is 19.9. The summed E-state index contributed by atoms with van der Waals surface area (Å²) in [5.74, 6) is -0.356. The lowest BCUT2D eigenvalue weighted by Crippen LogP contribution is -2.34. The SMILES string of the molecule is COC(=O)c1[nH]cc2c1[C@]1(CN(C)c3ccccc31)c1[nH]c3ccc(Cl)cc3c1-2. The average Bonchev–Trinajstić information content (AvgIpc) is 3.44. The lowest BCUT2D eigenvalue weighted by molar-refractivity contribution is 0.0592. The molecule has 1 atom stereocenters. The fraction of sp³-hybridized carbons (Fsp3) is 0.174. The van der Waals surface area contributed by atoms with Crippen molar-refractivity contribution >= 4 is 34.2 Å².